The fourth-order valence-electron chi connectivity index (χ4n) is 1.54. The molecule has 1 N–H and O–H groups in total. The highest BCUT2D eigenvalue weighted by Crippen LogP contribution is 2.27. The Hall–Kier alpha value is -0.990. The number of hydrogen-bond acceptors (Lipinski definition) is 2. The molecular formula is C11H12ClNO. The van der Waals surface area contributed by atoms with Crippen molar-refractivity contribution in [2.45, 2.75) is 18.9 Å². The average Bonchev–Trinajstić information content (AvgIpc) is 2.65. The minimum Gasteiger partial charge on any atom is -0.271 e. The maximum absolute atomic E-state index is 5.85. The third kappa shape index (κ3) is 1.76. The van der Waals surface area contributed by atoms with Gasteiger partial charge in [0.1, 0.15) is 6.10 Å². The van der Waals surface area contributed by atoms with Gasteiger partial charge in [0.15, 0.2) is 0 Å². The van der Waals surface area contributed by atoms with Crippen molar-refractivity contribution in [2.24, 2.45) is 0 Å². The minimum atomic E-state index is -0.00931. The molecule has 2 rings (SSSR count). The van der Waals surface area contributed by atoms with Crippen LogP contribution in [0.4, 0.5) is 0 Å². The van der Waals surface area contributed by atoms with Gasteiger partial charge in [0, 0.05) is 11.6 Å². The Labute approximate surface area is 88.5 Å². The van der Waals surface area contributed by atoms with E-state index in [2.05, 4.69) is 5.48 Å². The zero-order valence-corrected chi connectivity index (χ0v) is 8.71. The van der Waals surface area contributed by atoms with Crippen molar-refractivity contribution in [2.75, 3.05) is 0 Å². The molecule has 2 nitrogen and oxygen atoms in total. The van der Waals surface area contributed by atoms with Crippen molar-refractivity contribution in [3.8, 4) is 0 Å². The molecule has 0 aromatic heterocycles. The summed E-state index contributed by atoms with van der Waals surface area (Å²) in [6.07, 6.45) is 2.04. The van der Waals surface area contributed by atoms with Gasteiger partial charge in [0.25, 0.3) is 0 Å². The molecule has 1 aromatic rings. The Morgan fingerprint density at radius 2 is 2.21 bits per heavy atom. The molecule has 0 saturated heterocycles. The van der Waals surface area contributed by atoms with Gasteiger partial charge >= 0.3 is 0 Å². The van der Waals surface area contributed by atoms with Crippen molar-refractivity contribution < 1.29 is 4.84 Å². The third-order valence-electron chi connectivity index (χ3n) is 2.25. The smallest absolute Gasteiger partial charge is 0.131 e. The van der Waals surface area contributed by atoms with Crippen LogP contribution in [0, 0.1) is 0 Å². The van der Waals surface area contributed by atoms with E-state index in [0.717, 1.165) is 16.8 Å². The molecule has 74 valence electrons. The van der Waals surface area contributed by atoms with Gasteiger partial charge in [-0.3, -0.25) is 10.3 Å². The average molecular weight is 210 g/mol. The molecular weight excluding hydrogens is 198 g/mol. The largest absolute Gasteiger partial charge is 0.271 e. The first kappa shape index (κ1) is 9.56. The van der Waals surface area contributed by atoms with Crippen molar-refractivity contribution in [1.29, 1.82) is 0 Å². The zero-order valence-electron chi connectivity index (χ0n) is 7.96. The number of nitrogens with one attached hydrogen (secondary N) is 1. The third-order valence-corrected chi connectivity index (χ3v) is 2.54. The van der Waals surface area contributed by atoms with Crippen LogP contribution in [0.1, 0.15) is 24.2 Å². The SMILES string of the molecule is CC1=CC(c2ccccc2CCl)ON1. The summed E-state index contributed by atoms with van der Waals surface area (Å²) in [4.78, 5) is 5.39. The van der Waals surface area contributed by atoms with Crippen molar-refractivity contribution in [3.05, 3.63) is 47.2 Å². The predicted molar refractivity (Wildman–Crippen MR) is 56.7 cm³/mol. The summed E-state index contributed by atoms with van der Waals surface area (Å²) in [5, 5.41) is 0. The van der Waals surface area contributed by atoms with E-state index in [1.807, 2.05) is 37.3 Å². The molecule has 1 unspecified atom stereocenters. The zero-order chi connectivity index (χ0) is 9.97. The molecule has 0 amide bonds. The lowest BCUT2D eigenvalue weighted by atomic mass is 10.0. The van der Waals surface area contributed by atoms with Crippen LogP contribution in [0.2, 0.25) is 0 Å². The van der Waals surface area contributed by atoms with Crippen LogP contribution in [0.5, 0.6) is 0 Å². The molecule has 1 heterocycles. The Morgan fingerprint density at radius 1 is 1.43 bits per heavy atom. The Morgan fingerprint density at radius 3 is 2.86 bits per heavy atom. The molecule has 1 atom stereocenters. The normalized spacial score (nSPS) is 20.4. The fraction of sp³-hybridized carbons (Fsp3) is 0.273. The van der Waals surface area contributed by atoms with Crippen molar-refractivity contribution >= 4 is 11.6 Å². The molecule has 0 saturated carbocycles. The lowest BCUT2D eigenvalue weighted by Crippen LogP contribution is -2.07. The fourth-order valence-corrected chi connectivity index (χ4v) is 1.78. The van der Waals surface area contributed by atoms with E-state index in [9.17, 15) is 0 Å². The van der Waals surface area contributed by atoms with E-state index in [4.69, 9.17) is 16.4 Å². The molecule has 1 aliphatic heterocycles. The number of allylic oxidation sites excluding steroid dienone is 1. The molecule has 14 heavy (non-hydrogen) atoms. The standard InChI is InChI=1S/C11H12ClNO/c1-8-6-11(14-13-8)10-5-3-2-4-9(10)7-12/h2-6,11,13H,7H2,1H3. The first-order chi connectivity index (χ1) is 6.81. The summed E-state index contributed by atoms with van der Waals surface area (Å²) in [7, 11) is 0. The van der Waals surface area contributed by atoms with Gasteiger partial charge in [-0.05, 0) is 24.1 Å². The van der Waals surface area contributed by atoms with Gasteiger partial charge in [0.05, 0.1) is 0 Å². The molecule has 0 bridgehead atoms. The van der Waals surface area contributed by atoms with Crippen LogP contribution in [0.25, 0.3) is 0 Å². The highest BCUT2D eigenvalue weighted by molar-refractivity contribution is 6.17. The van der Waals surface area contributed by atoms with Crippen molar-refractivity contribution in [1.82, 2.24) is 5.48 Å². The van der Waals surface area contributed by atoms with Gasteiger partial charge in [-0.1, -0.05) is 24.3 Å². The second kappa shape index (κ2) is 4.03. The highest BCUT2D eigenvalue weighted by Gasteiger charge is 2.18. The van der Waals surface area contributed by atoms with Gasteiger partial charge in [-0.2, -0.15) is 0 Å². The molecule has 0 spiro atoms. The molecule has 1 aromatic carbocycles. The summed E-state index contributed by atoms with van der Waals surface area (Å²) in [6, 6.07) is 8.04. The maximum atomic E-state index is 5.85. The van der Waals surface area contributed by atoms with E-state index >= 15 is 0 Å². The number of rotatable bonds is 2. The Balaban J connectivity index is 2.32. The first-order valence-corrected chi connectivity index (χ1v) is 5.08. The Kier molecular flexibility index (Phi) is 2.75. The molecule has 0 fully saturated rings. The first-order valence-electron chi connectivity index (χ1n) is 4.55. The van der Waals surface area contributed by atoms with Crippen LogP contribution in [0.15, 0.2) is 36.0 Å². The summed E-state index contributed by atoms with van der Waals surface area (Å²) < 4.78 is 0. The predicted octanol–water partition coefficient (Wildman–Crippen LogP) is 2.91. The summed E-state index contributed by atoms with van der Waals surface area (Å²) >= 11 is 5.85. The second-order valence-electron chi connectivity index (χ2n) is 3.32. The monoisotopic (exact) mass is 209 g/mol. The van der Waals surface area contributed by atoms with Crippen LogP contribution < -0.4 is 5.48 Å². The lowest BCUT2D eigenvalue weighted by molar-refractivity contribution is 0.0418. The molecule has 3 heteroatoms. The lowest BCUT2D eigenvalue weighted by Gasteiger charge is -2.11. The Bertz CT molecular complexity index is 362. The molecule has 1 aliphatic rings. The van der Waals surface area contributed by atoms with Gasteiger partial charge in [0.2, 0.25) is 0 Å². The number of hydroxylamine groups is 1. The maximum Gasteiger partial charge on any atom is 0.131 e. The number of halogens is 1. The highest BCUT2D eigenvalue weighted by atomic mass is 35.5. The molecule has 0 aliphatic carbocycles. The van der Waals surface area contributed by atoms with Gasteiger partial charge < -0.3 is 0 Å². The van der Waals surface area contributed by atoms with Gasteiger partial charge in [-0.25, -0.2) is 0 Å². The van der Waals surface area contributed by atoms with E-state index in [1.54, 1.807) is 0 Å². The van der Waals surface area contributed by atoms with E-state index in [1.165, 1.54) is 0 Å². The second-order valence-corrected chi connectivity index (χ2v) is 3.59. The summed E-state index contributed by atoms with van der Waals surface area (Å²) in [5.41, 5.74) is 6.13. The summed E-state index contributed by atoms with van der Waals surface area (Å²) in [6.45, 7) is 1.98. The quantitative estimate of drug-likeness (QED) is 0.757. The summed E-state index contributed by atoms with van der Waals surface area (Å²) in [5.74, 6) is 0.517. The topological polar surface area (TPSA) is 21.3 Å². The minimum absolute atomic E-state index is 0.00931. The van der Waals surface area contributed by atoms with Gasteiger partial charge in [-0.15, -0.1) is 11.6 Å². The van der Waals surface area contributed by atoms with Crippen LogP contribution in [-0.4, -0.2) is 0 Å². The van der Waals surface area contributed by atoms with Crippen LogP contribution in [-0.2, 0) is 10.7 Å². The van der Waals surface area contributed by atoms with E-state index < -0.39 is 0 Å². The van der Waals surface area contributed by atoms with E-state index in [-0.39, 0.29) is 6.10 Å². The van der Waals surface area contributed by atoms with Crippen molar-refractivity contribution in [3.63, 3.8) is 0 Å². The van der Waals surface area contributed by atoms with Crippen LogP contribution in [0.3, 0.4) is 0 Å². The number of hydrogen-bond donors (Lipinski definition) is 1. The number of benzene rings is 1. The van der Waals surface area contributed by atoms with Crippen LogP contribution >= 0.6 is 11.6 Å². The molecule has 0 radical (unpaired) electrons. The van der Waals surface area contributed by atoms with E-state index in [0.29, 0.717) is 5.88 Å². The number of alkyl halides is 1.